The van der Waals surface area contributed by atoms with Gasteiger partial charge in [0.15, 0.2) is 0 Å². The fourth-order valence-electron chi connectivity index (χ4n) is 1.73. The number of nitrogens with one attached hydrogen (secondary N) is 1. The van der Waals surface area contributed by atoms with E-state index < -0.39 is 15.6 Å². The van der Waals surface area contributed by atoms with Crippen molar-refractivity contribution in [1.29, 1.82) is 0 Å². The molecular weight excluding hydrogens is 296 g/mol. The maximum absolute atomic E-state index is 12.1. The Morgan fingerprint density at radius 2 is 1.60 bits per heavy atom. The average Bonchev–Trinajstić information content (AvgIpc) is 2.45. The minimum atomic E-state index is -3.47. The van der Waals surface area contributed by atoms with Crippen LogP contribution in [0, 0.1) is 0 Å². The molecule has 0 saturated carbocycles. The highest BCUT2D eigenvalue weighted by atomic mass is 35.5. The van der Waals surface area contributed by atoms with Gasteiger partial charge in [-0.15, -0.1) is 12.4 Å². The van der Waals surface area contributed by atoms with E-state index in [4.69, 9.17) is 5.73 Å². The fraction of sp³-hybridized carbons (Fsp3) is 0.571. The molecule has 0 atom stereocenters. The number of halogens is 1. The van der Waals surface area contributed by atoms with E-state index in [1.54, 1.807) is 12.1 Å². The van der Waals surface area contributed by atoms with Crippen molar-refractivity contribution in [3.63, 3.8) is 0 Å². The van der Waals surface area contributed by atoms with Crippen LogP contribution in [0.25, 0.3) is 0 Å². The molecule has 116 valence electrons. The van der Waals surface area contributed by atoms with Gasteiger partial charge in [0, 0.05) is 12.1 Å². The molecule has 0 aliphatic heterocycles. The van der Waals surface area contributed by atoms with Crippen LogP contribution < -0.4 is 10.5 Å². The molecule has 0 amide bonds. The van der Waals surface area contributed by atoms with E-state index >= 15 is 0 Å². The lowest BCUT2D eigenvalue weighted by Gasteiger charge is -2.26. The molecule has 0 fully saturated rings. The Hall–Kier alpha value is -0.620. The minimum absolute atomic E-state index is 0. The first kappa shape index (κ1) is 19.4. The number of aryl methyl sites for hydroxylation is 1. The van der Waals surface area contributed by atoms with Crippen LogP contribution in [-0.4, -0.2) is 20.5 Å². The summed E-state index contributed by atoms with van der Waals surface area (Å²) >= 11 is 0. The Morgan fingerprint density at radius 3 is 2.00 bits per heavy atom. The van der Waals surface area contributed by atoms with Crippen molar-refractivity contribution in [2.75, 3.05) is 6.54 Å². The van der Waals surface area contributed by atoms with Gasteiger partial charge in [0.1, 0.15) is 0 Å². The second-order valence-electron chi connectivity index (χ2n) is 4.89. The quantitative estimate of drug-likeness (QED) is 0.810. The highest BCUT2D eigenvalue weighted by Crippen LogP contribution is 2.14. The molecule has 0 aromatic heterocycles. The molecule has 3 N–H and O–H groups in total. The highest BCUT2D eigenvalue weighted by molar-refractivity contribution is 7.89. The Morgan fingerprint density at radius 1 is 1.10 bits per heavy atom. The van der Waals surface area contributed by atoms with E-state index in [1.807, 2.05) is 32.9 Å². The Balaban J connectivity index is 0.00000361. The number of nitrogens with two attached hydrogens (primary N) is 1. The molecule has 0 bridgehead atoms. The monoisotopic (exact) mass is 320 g/mol. The molecule has 20 heavy (non-hydrogen) atoms. The van der Waals surface area contributed by atoms with E-state index in [0.29, 0.717) is 4.90 Å². The minimum Gasteiger partial charge on any atom is -0.324 e. The lowest BCUT2D eigenvalue weighted by molar-refractivity contribution is 0.392. The van der Waals surface area contributed by atoms with Gasteiger partial charge in [-0.3, -0.25) is 0 Å². The summed E-state index contributed by atoms with van der Waals surface area (Å²) in [6.07, 6.45) is 2.37. The van der Waals surface area contributed by atoms with Crippen molar-refractivity contribution in [3.8, 4) is 0 Å². The summed E-state index contributed by atoms with van der Waals surface area (Å²) in [5.74, 6) is 0. The molecular formula is C14H25ClN2O2S. The number of rotatable bonds is 7. The Labute approximate surface area is 128 Å². The molecule has 0 heterocycles. The first-order valence-corrected chi connectivity index (χ1v) is 8.22. The number of benzene rings is 1. The molecule has 0 aliphatic rings. The largest absolute Gasteiger partial charge is 0.324 e. The van der Waals surface area contributed by atoms with Crippen LogP contribution >= 0.6 is 12.4 Å². The zero-order valence-corrected chi connectivity index (χ0v) is 14.0. The van der Waals surface area contributed by atoms with Crippen LogP contribution in [0.5, 0.6) is 0 Å². The van der Waals surface area contributed by atoms with Crippen LogP contribution in [-0.2, 0) is 16.4 Å². The maximum Gasteiger partial charge on any atom is 0.240 e. The highest BCUT2D eigenvalue weighted by Gasteiger charge is 2.23. The smallest absolute Gasteiger partial charge is 0.240 e. The summed E-state index contributed by atoms with van der Waals surface area (Å²) in [6.45, 7) is 6.23. The fourth-order valence-corrected chi connectivity index (χ4v) is 2.86. The van der Waals surface area contributed by atoms with Crippen molar-refractivity contribution in [3.05, 3.63) is 29.8 Å². The van der Waals surface area contributed by atoms with Gasteiger partial charge < -0.3 is 5.73 Å². The van der Waals surface area contributed by atoms with Gasteiger partial charge in [-0.2, -0.15) is 0 Å². The van der Waals surface area contributed by atoms with Crippen molar-refractivity contribution < 1.29 is 8.42 Å². The molecule has 4 nitrogen and oxygen atoms in total. The van der Waals surface area contributed by atoms with Gasteiger partial charge in [-0.25, -0.2) is 13.1 Å². The van der Waals surface area contributed by atoms with Gasteiger partial charge >= 0.3 is 0 Å². The maximum atomic E-state index is 12.1. The zero-order valence-electron chi connectivity index (χ0n) is 12.3. The SMILES string of the molecule is CCc1ccc(S(=O)(=O)NCC(N)(CC)CC)cc1.Cl. The van der Waals surface area contributed by atoms with Gasteiger partial charge in [-0.1, -0.05) is 32.9 Å². The first-order chi connectivity index (χ1) is 8.87. The normalized spacial score (nSPS) is 12.0. The topological polar surface area (TPSA) is 72.2 Å². The molecule has 6 heteroatoms. The number of hydrogen-bond donors (Lipinski definition) is 2. The molecule has 0 saturated heterocycles. The molecule has 0 unspecified atom stereocenters. The van der Waals surface area contributed by atoms with E-state index in [0.717, 1.165) is 24.8 Å². The summed E-state index contributed by atoms with van der Waals surface area (Å²) in [5.41, 5.74) is 6.74. The predicted molar refractivity (Wildman–Crippen MR) is 85.8 cm³/mol. The standard InChI is InChI=1S/C14H24N2O2S.ClH/c1-4-12-7-9-13(10-8-12)19(17,18)16-11-14(15,5-2)6-3;/h7-10,16H,4-6,11,15H2,1-3H3;1H. The van der Waals surface area contributed by atoms with Crippen molar-refractivity contribution >= 4 is 22.4 Å². The summed E-state index contributed by atoms with van der Waals surface area (Å²) in [7, 11) is -3.47. The third kappa shape index (κ3) is 5.05. The Kier molecular flexibility index (Phi) is 7.73. The number of sulfonamides is 1. The lowest BCUT2D eigenvalue weighted by atomic mass is 9.95. The van der Waals surface area contributed by atoms with Gasteiger partial charge in [-0.05, 0) is 37.0 Å². The summed E-state index contributed by atoms with van der Waals surface area (Å²) in [5, 5.41) is 0. The van der Waals surface area contributed by atoms with Gasteiger partial charge in [0.25, 0.3) is 0 Å². The van der Waals surface area contributed by atoms with Gasteiger partial charge in [0.05, 0.1) is 4.90 Å². The second-order valence-corrected chi connectivity index (χ2v) is 6.66. The van der Waals surface area contributed by atoms with Crippen LogP contribution in [0.3, 0.4) is 0 Å². The molecule has 0 radical (unpaired) electrons. The number of hydrogen-bond acceptors (Lipinski definition) is 3. The third-order valence-corrected chi connectivity index (χ3v) is 5.08. The van der Waals surface area contributed by atoms with Crippen molar-refractivity contribution in [2.24, 2.45) is 5.73 Å². The van der Waals surface area contributed by atoms with Crippen LogP contribution in [0.2, 0.25) is 0 Å². The molecule has 0 spiro atoms. The van der Waals surface area contributed by atoms with Gasteiger partial charge in [0.2, 0.25) is 10.0 Å². The van der Waals surface area contributed by atoms with E-state index in [-0.39, 0.29) is 19.0 Å². The van der Waals surface area contributed by atoms with Crippen LogP contribution in [0.15, 0.2) is 29.2 Å². The summed E-state index contributed by atoms with van der Waals surface area (Å²) in [6, 6.07) is 6.95. The predicted octanol–water partition coefficient (Wildman–Crippen LogP) is 2.47. The second kappa shape index (κ2) is 7.98. The van der Waals surface area contributed by atoms with Crippen molar-refractivity contribution in [2.45, 2.75) is 50.5 Å². The van der Waals surface area contributed by atoms with Crippen molar-refractivity contribution in [1.82, 2.24) is 4.72 Å². The van der Waals surface area contributed by atoms with Crippen LogP contribution in [0.4, 0.5) is 0 Å². The molecule has 1 rings (SSSR count). The molecule has 1 aromatic rings. The third-order valence-electron chi connectivity index (χ3n) is 3.66. The summed E-state index contributed by atoms with van der Waals surface area (Å²) in [4.78, 5) is 0.291. The zero-order chi connectivity index (χ0) is 14.5. The lowest BCUT2D eigenvalue weighted by Crippen LogP contribution is -2.49. The van der Waals surface area contributed by atoms with E-state index in [2.05, 4.69) is 4.72 Å². The van der Waals surface area contributed by atoms with E-state index in [1.165, 1.54) is 0 Å². The summed E-state index contributed by atoms with van der Waals surface area (Å²) < 4.78 is 26.9. The first-order valence-electron chi connectivity index (χ1n) is 6.74. The molecule has 0 aliphatic carbocycles. The molecule has 1 aromatic carbocycles. The van der Waals surface area contributed by atoms with E-state index in [9.17, 15) is 8.42 Å². The average molecular weight is 321 g/mol. The van der Waals surface area contributed by atoms with Crippen LogP contribution in [0.1, 0.15) is 39.2 Å². The Bertz CT molecular complexity index is 496.